The number of nitrogens with one attached hydrogen (secondary N) is 1. The van der Waals surface area contributed by atoms with Crippen molar-refractivity contribution in [3.63, 3.8) is 0 Å². The second kappa shape index (κ2) is 5.88. The van der Waals surface area contributed by atoms with Crippen LogP contribution in [0.2, 0.25) is 0 Å². The molecule has 106 valence electrons. The number of hydrogen-bond donors (Lipinski definition) is 2. The lowest BCUT2D eigenvalue weighted by atomic mass is 9.82. The van der Waals surface area contributed by atoms with Crippen LogP contribution in [0.5, 0.6) is 5.75 Å². The highest BCUT2D eigenvalue weighted by Gasteiger charge is 2.27. The summed E-state index contributed by atoms with van der Waals surface area (Å²) in [5.41, 5.74) is 0.813. The summed E-state index contributed by atoms with van der Waals surface area (Å²) in [6.45, 7) is 6.64. The molecule has 2 N–H and O–H groups in total. The summed E-state index contributed by atoms with van der Waals surface area (Å²) in [5, 5.41) is 12.6. The molecule has 1 atom stereocenters. The number of phenols is 1. The summed E-state index contributed by atoms with van der Waals surface area (Å²) < 4.78 is 19.1. The van der Waals surface area contributed by atoms with Gasteiger partial charge in [-0.25, -0.2) is 4.39 Å². The van der Waals surface area contributed by atoms with E-state index in [9.17, 15) is 9.50 Å². The van der Waals surface area contributed by atoms with Crippen LogP contribution in [-0.2, 0) is 4.74 Å². The van der Waals surface area contributed by atoms with Crippen LogP contribution in [0.25, 0.3) is 0 Å². The van der Waals surface area contributed by atoms with Crippen LogP contribution < -0.4 is 5.32 Å². The zero-order valence-corrected chi connectivity index (χ0v) is 11.6. The molecule has 1 heterocycles. The van der Waals surface area contributed by atoms with Crippen molar-refractivity contribution in [2.75, 3.05) is 19.8 Å². The molecular formula is C15H22FNO2. The van der Waals surface area contributed by atoms with Crippen molar-refractivity contribution in [2.45, 2.75) is 32.7 Å². The van der Waals surface area contributed by atoms with Crippen molar-refractivity contribution in [1.29, 1.82) is 0 Å². The first-order valence-corrected chi connectivity index (χ1v) is 6.80. The molecule has 0 amide bonds. The molecule has 4 heteroatoms. The Labute approximate surface area is 113 Å². The summed E-state index contributed by atoms with van der Waals surface area (Å²) in [7, 11) is 0. The predicted octanol–water partition coefficient (Wildman–Crippen LogP) is 3.00. The van der Waals surface area contributed by atoms with Crippen molar-refractivity contribution in [2.24, 2.45) is 5.41 Å². The number of rotatable bonds is 4. The first-order valence-electron chi connectivity index (χ1n) is 6.80. The van der Waals surface area contributed by atoms with Crippen LogP contribution in [-0.4, -0.2) is 24.9 Å². The second-order valence-corrected chi connectivity index (χ2v) is 5.73. The largest absolute Gasteiger partial charge is 0.508 e. The van der Waals surface area contributed by atoms with Gasteiger partial charge in [-0.3, -0.25) is 0 Å². The van der Waals surface area contributed by atoms with Crippen LogP contribution in [0.3, 0.4) is 0 Å². The van der Waals surface area contributed by atoms with Gasteiger partial charge >= 0.3 is 0 Å². The second-order valence-electron chi connectivity index (χ2n) is 5.73. The third-order valence-electron chi connectivity index (χ3n) is 3.99. The van der Waals surface area contributed by atoms with Gasteiger partial charge in [0.2, 0.25) is 0 Å². The summed E-state index contributed by atoms with van der Waals surface area (Å²) in [4.78, 5) is 0. The monoisotopic (exact) mass is 267 g/mol. The number of hydrogen-bond acceptors (Lipinski definition) is 3. The molecule has 0 aliphatic carbocycles. The number of phenolic OH excluding ortho intramolecular Hbond substituents is 1. The van der Waals surface area contributed by atoms with Crippen LogP contribution in [0.4, 0.5) is 4.39 Å². The Balaban J connectivity index is 1.95. The number of aromatic hydroxyl groups is 1. The molecule has 0 bridgehead atoms. The summed E-state index contributed by atoms with van der Waals surface area (Å²) in [6, 6.07) is 4.24. The van der Waals surface area contributed by atoms with Crippen molar-refractivity contribution < 1.29 is 14.2 Å². The lowest BCUT2D eigenvalue weighted by molar-refractivity contribution is 0.0230. The van der Waals surface area contributed by atoms with Gasteiger partial charge in [-0.05, 0) is 31.2 Å². The van der Waals surface area contributed by atoms with Gasteiger partial charge in [0.1, 0.15) is 11.6 Å². The lowest BCUT2D eigenvalue weighted by Gasteiger charge is -2.34. The van der Waals surface area contributed by atoms with E-state index in [-0.39, 0.29) is 23.0 Å². The number of halogens is 1. The van der Waals surface area contributed by atoms with Crippen molar-refractivity contribution in [3.05, 3.63) is 29.6 Å². The van der Waals surface area contributed by atoms with Crippen molar-refractivity contribution in [1.82, 2.24) is 5.32 Å². The molecule has 1 aromatic carbocycles. The predicted molar refractivity (Wildman–Crippen MR) is 72.6 cm³/mol. The maximum atomic E-state index is 13.7. The van der Waals surface area contributed by atoms with E-state index in [1.54, 1.807) is 6.07 Å². The first-order chi connectivity index (χ1) is 9.00. The molecule has 0 saturated carbocycles. The van der Waals surface area contributed by atoms with Crippen molar-refractivity contribution in [3.8, 4) is 5.75 Å². The van der Waals surface area contributed by atoms with Gasteiger partial charge < -0.3 is 15.2 Å². The highest BCUT2D eigenvalue weighted by atomic mass is 19.1. The van der Waals surface area contributed by atoms with E-state index in [2.05, 4.69) is 12.2 Å². The molecule has 0 aromatic heterocycles. The number of benzene rings is 1. The lowest BCUT2D eigenvalue weighted by Crippen LogP contribution is -2.37. The molecule has 1 fully saturated rings. The van der Waals surface area contributed by atoms with Gasteiger partial charge in [0.05, 0.1) is 0 Å². The van der Waals surface area contributed by atoms with Crippen LogP contribution in [0.1, 0.15) is 38.3 Å². The van der Waals surface area contributed by atoms with Gasteiger partial charge in [-0.2, -0.15) is 0 Å². The normalized spacial score (nSPS) is 20.2. The van der Waals surface area contributed by atoms with E-state index >= 15 is 0 Å². The van der Waals surface area contributed by atoms with Crippen molar-refractivity contribution >= 4 is 0 Å². The van der Waals surface area contributed by atoms with Crippen LogP contribution in [0, 0.1) is 11.2 Å². The topological polar surface area (TPSA) is 41.5 Å². The third kappa shape index (κ3) is 3.67. The molecule has 1 aromatic rings. The Kier molecular flexibility index (Phi) is 4.42. The van der Waals surface area contributed by atoms with E-state index in [4.69, 9.17) is 4.74 Å². The highest BCUT2D eigenvalue weighted by Crippen LogP contribution is 2.30. The number of ether oxygens (including phenoxy) is 1. The Morgan fingerprint density at radius 1 is 1.42 bits per heavy atom. The standard InChI is InChI=1S/C15H22FNO2/c1-11(13-4-3-12(18)9-14(13)16)17-10-15(2)5-7-19-8-6-15/h3-4,9,11,17-18H,5-8,10H2,1-2H3. The van der Waals surface area contributed by atoms with Gasteiger partial charge in [0, 0.05) is 37.4 Å². The highest BCUT2D eigenvalue weighted by molar-refractivity contribution is 5.29. The first kappa shape index (κ1) is 14.3. The Hall–Kier alpha value is -1.13. The molecule has 3 nitrogen and oxygen atoms in total. The van der Waals surface area contributed by atoms with Gasteiger partial charge in [-0.1, -0.05) is 13.0 Å². The fourth-order valence-corrected chi connectivity index (χ4v) is 2.42. The minimum absolute atomic E-state index is 0.0372. The minimum Gasteiger partial charge on any atom is -0.508 e. The Morgan fingerprint density at radius 2 is 2.11 bits per heavy atom. The molecule has 1 aliphatic heterocycles. The molecule has 1 saturated heterocycles. The molecule has 1 unspecified atom stereocenters. The maximum absolute atomic E-state index is 13.7. The Bertz CT molecular complexity index is 430. The third-order valence-corrected chi connectivity index (χ3v) is 3.99. The fourth-order valence-electron chi connectivity index (χ4n) is 2.42. The van der Waals surface area contributed by atoms with E-state index in [1.165, 1.54) is 6.07 Å². The fraction of sp³-hybridized carbons (Fsp3) is 0.600. The average molecular weight is 267 g/mol. The van der Waals surface area contributed by atoms with E-state index in [0.29, 0.717) is 5.56 Å². The van der Waals surface area contributed by atoms with Gasteiger partial charge in [0.15, 0.2) is 0 Å². The van der Waals surface area contributed by atoms with E-state index < -0.39 is 0 Å². The maximum Gasteiger partial charge on any atom is 0.131 e. The Morgan fingerprint density at radius 3 is 2.74 bits per heavy atom. The molecule has 1 aliphatic rings. The smallest absolute Gasteiger partial charge is 0.131 e. The summed E-state index contributed by atoms with van der Waals surface area (Å²) >= 11 is 0. The van der Waals surface area contributed by atoms with Gasteiger partial charge in [-0.15, -0.1) is 0 Å². The van der Waals surface area contributed by atoms with Crippen LogP contribution in [0.15, 0.2) is 18.2 Å². The minimum atomic E-state index is -0.364. The van der Waals surface area contributed by atoms with E-state index in [0.717, 1.165) is 38.7 Å². The van der Waals surface area contributed by atoms with Gasteiger partial charge in [0.25, 0.3) is 0 Å². The molecule has 2 rings (SSSR count). The summed E-state index contributed by atoms with van der Waals surface area (Å²) in [5.74, 6) is -0.401. The molecule has 19 heavy (non-hydrogen) atoms. The zero-order chi connectivity index (χ0) is 13.9. The van der Waals surface area contributed by atoms with Crippen LogP contribution >= 0.6 is 0 Å². The molecule has 0 radical (unpaired) electrons. The zero-order valence-electron chi connectivity index (χ0n) is 11.6. The average Bonchev–Trinajstić information content (AvgIpc) is 2.37. The van der Waals surface area contributed by atoms with E-state index in [1.807, 2.05) is 6.92 Å². The quantitative estimate of drug-likeness (QED) is 0.881. The SMILES string of the molecule is CC(NCC1(C)CCOCC1)c1ccc(O)cc1F. The molecular weight excluding hydrogens is 245 g/mol. The summed E-state index contributed by atoms with van der Waals surface area (Å²) in [6.07, 6.45) is 2.07. The molecule has 0 spiro atoms.